The molecule has 4 fully saturated rings. The summed E-state index contributed by atoms with van der Waals surface area (Å²) in [6.45, 7) is 8.84. The third kappa shape index (κ3) is 6.56. The zero-order valence-electron chi connectivity index (χ0n) is 29.7. The van der Waals surface area contributed by atoms with Crippen LogP contribution in [-0.2, 0) is 34.1 Å². The molecule has 5 aliphatic rings. The summed E-state index contributed by atoms with van der Waals surface area (Å²) in [7, 11) is 0. The van der Waals surface area contributed by atoms with E-state index in [0.717, 1.165) is 44.1 Å². The first-order chi connectivity index (χ1) is 23.1. The average Bonchev–Trinajstić information content (AvgIpc) is 3.33. The molecule has 0 radical (unpaired) electrons. The van der Waals surface area contributed by atoms with Gasteiger partial charge in [-0.25, -0.2) is 0 Å². The number of hydrogen-bond acceptors (Lipinski definition) is 8. The van der Waals surface area contributed by atoms with Crippen molar-refractivity contribution in [2.45, 2.75) is 127 Å². The molecule has 0 aromatic heterocycles. The largest absolute Gasteiger partial charge is 0.458 e. The minimum absolute atomic E-state index is 0.0208. The summed E-state index contributed by atoms with van der Waals surface area (Å²) in [5.74, 6) is -1.15. The number of allylic oxidation sites excluding steroid dienone is 1. The lowest BCUT2D eigenvalue weighted by Crippen LogP contribution is -2.62. The smallest absolute Gasteiger partial charge is 0.306 e. The number of esters is 1. The van der Waals surface area contributed by atoms with E-state index in [1.165, 1.54) is 5.56 Å². The maximum absolute atomic E-state index is 13.6. The molecular formula is C40H55NO8. The highest BCUT2D eigenvalue weighted by Gasteiger charge is 2.68. The van der Waals surface area contributed by atoms with E-state index < -0.39 is 35.5 Å². The summed E-state index contributed by atoms with van der Waals surface area (Å²) in [6.07, 6.45) is 7.32. The van der Waals surface area contributed by atoms with Crippen molar-refractivity contribution in [1.82, 2.24) is 5.32 Å². The molecule has 1 aromatic carbocycles. The van der Waals surface area contributed by atoms with Gasteiger partial charge in [-0.15, -0.1) is 0 Å². The maximum Gasteiger partial charge on any atom is 0.306 e. The SMILES string of the molecule is CC1(C)C[C@@](CCNC(=O)CCC(=O)OCC(=O)[C@@]2(O)CC[C@H]3[C@@H]4CCC5=CC(=O)CC[C@]5(C)[C@H]4[C@@H](O)C[C@@]32C)(c2ccccc2)CCO1. The molecule has 3 N–H and O–H groups in total. The van der Waals surface area contributed by atoms with Crippen LogP contribution in [0.2, 0.25) is 0 Å². The number of ether oxygens (including phenoxy) is 2. The van der Waals surface area contributed by atoms with E-state index in [9.17, 15) is 29.4 Å². The Hall–Kier alpha value is -2.88. The molecule has 3 saturated carbocycles. The number of carbonyl (C=O) groups is 4. The van der Waals surface area contributed by atoms with Gasteiger partial charge in [-0.1, -0.05) is 49.8 Å². The van der Waals surface area contributed by atoms with E-state index in [4.69, 9.17) is 9.47 Å². The Balaban J connectivity index is 0.999. The minimum atomic E-state index is -1.71. The van der Waals surface area contributed by atoms with Gasteiger partial charge in [0.2, 0.25) is 11.7 Å². The molecular weight excluding hydrogens is 622 g/mol. The van der Waals surface area contributed by atoms with Crippen LogP contribution in [0.3, 0.4) is 0 Å². The second-order valence-electron chi connectivity index (χ2n) is 16.8. The molecule has 9 heteroatoms. The van der Waals surface area contributed by atoms with Gasteiger partial charge in [0.05, 0.1) is 18.1 Å². The zero-order chi connectivity index (χ0) is 35.2. The van der Waals surface area contributed by atoms with Crippen molar-refractivity contribution < 1.29 is 38.9 Å². The summed E-state index contributed by atoms with van der Waals surface area (Å²) in [6, 6.07) is 10.4. The van der Waals surface area contributed by atoms with E-state index >= 15 is 0 Å². The highest BCUT2D eigenvalue weighted by molar-refractivity contribution is 5.92. The molecule has 0 bridgehead atoms. The first-order valence-corrected chi connectivity index (χ1v) is 18.4. The van der Waals surface area contributed by atoms with Crippen LogP contribution in [0.5, 0.6) is 0 Å². The van der Waals surface area contributed by atoms with Crippen molar-refractivity contribution in [1.29, 1.82) is 0 Å². The molecule has 1 aromatic rings. The van der Waals surface area contributed by atoms with Crippen LogP contribution in [0.4, 0.5) is 0 Å². The number of aliphatic hydroxyl groups excluding tert-OH is 1. The molecule has 9 nitrogen and oxygen atoms in total. The van der Waals surface area contributed by atoms with Gasteiger partial charge in [0.25, 0.3) is 0 Å². The van der Waals surface area contributed by atoms with Crippen molar-refractivity contribution in [2.24, 2.45) is 28.6 Å². The molecule has 0 spiro atoms. The van der Waals surface area contributed by atoms with Gasteiger partial charge >= 0.3 is 5.97 Å². The number of amides is 1. The Bertz CT molecular complexity index is 1490. The number of rotatable bonds is 10. The fraction of sp³-hybridized carbons (Fsp3) is 0.700. The van der Waals surface area contributed by atoms with Gasteiger partial charge in [-0.3, -0.25) is 19.2 Å². The number of nitrogens with one attached hydrogen (secondary N) is 1. The van der Waals surface area contributed by atoms with Crippen molar-refractivity contribution in [2.75, 3.05) is 19.8 Å². The molecule has 1 amide bonds. The predicted molar refractivity (Wildman–Crippen MR) is 183 cm³/mol. The third-order valence-electron chi connectivity index (χ3n) is 13.6. The van der Waals surface area contributed by atoms with Crippen molar-refractivity contribution in [3.63, 3.8) is 0 Å². The number of ketones is 2. The zero-order valence-corrected chi connectivity index (χ0v) is 29.7. The molecule has 268 valence electrons. The summed E-state index contributed by atoms with van der Waals surface area (Å²) in [4.78, 5) is 51.2. The summed E-state index contributed by atoms with van der Waals surface area (Å²) in [5.41, 5.74) is -0.833. The monoisotopic (exact) mass is 677 g/mol. The van der Waals surface area contributed by atoms with Crippen LogP contribution in [0.15, 0.2) is 42.0 Å². The lowest BCUT2D eigenvalue weighted by Gasteiger charge is -2.60. The van der Waals surface area contributed by atoms with Crippen LogP contribution in [-0.4, -0.2) is 70.7 Å². The minimum Gasteiger partial charge on any atom is -0.458 e. The second kappa shape index (κ2) is 13.3. The van der Waals surface area contributed by atoms with Gasteiger partial charge in [-0.2, -0.15) is 0 Å². The van der Waals surface area contributed by atoms with Crippen molar-refractivity contribution in [3.8, 4) is 0 Å². The topological polar surface area (TPSA) is 139 Å². The summed E-state index contributed by atoms with van der Waals surface area (Å²) in [5, 5.41) is 26.5. The van der Waals surface area contributed by atoms with E-state index in [1.807, 2.05) is 25.1 Å². The molecule has 49 heavy (non-hydrogen) atoms. The number of aliphatic hydroxyl groups is 2. The first kappa shape index (κ1) is 35.9. The van der Waals surface area contributed by atoms with E-state index in [0.29, 0.717) is 26.0 Å². The number of Topliss-reactive ketones (excluding diaryl/α,β-unsaturated/α-hetero) is 1. The molecule has 0 unspecified atom stereocenters. The summed E-state index contributed by atoms with van der Waals surface area (Å²) >= 11 is 0. The van der Waals surface area contributed by atoms with Gasteiger partial charge in [-0.05, 0) is 106 Å². The predicted octanol–water partition coefficient (Wildman–Crippen LogP) is 5.15. The van der Waals surface area contributed by atoms with E-state index in [2.05, 4.69) is 38.2 Å². The quantitative estimate of drug-likeness (QED) is 0.289. The fourth-order valence-corrected chi connectivity index (χ4v) is 11.1. The standard InChI is InChI=1S/C40H55NO8/c1-36(2)25-39(19-21-49-36,26-8-6-5-7-9-26)18-20-41-33(45)12-13-34(46)48-24-32(44)40(47)17-15-30-29-11-10-27-22-28(42)14-16-37(27,3)35(29)31(43)23-38(30,40)4/h5-9,22,29-31,35,43,47H,10-21,23-25H2,1-4H3,(H,41,45)/t29-,30-,31-,35+,37-,38-,39-,40-/m0/s1. The Labute approximate surface area is 290 Å². The van der Waals surface area contributed by atoms with Crippen LogP contribution in [0, 0.1) is 28.6 Å². The number of carbonyl (C=O) groups excluding carboxylic acids is 4. The Morgan fingerprint density at radius 1 is 1.00 bits per heavy atom. The van der Waals surface area contributed by atoms with Crippen LogP contribution in [0.25, 0.3) is 0 Å². The number of fused-ring (bicyclic) bond motifs is 5. The normalized spacial score (nSPS) is 38.0. The first-order valence-electron chi connectivity index (χ1n) is 18.4. The number of benzene rings is 1. The molecule has 1 saturated heterocycles. The van der Waals surface area contributed by atoms with Gasteiger partial charge in [0.15, 0.2) is 12.4 Å². The number of hydrogen-bond donors (Lipinski definition) is 3. The lowest BCUT2D eigenvalue weighted by atomic mass is 9.45. The van der Waals surface area contributed by atoms with Crippen LogP contribution < -0.4 is 5.32 Å². The molecule has 8 atom stereocenters. The highest BCUT2D eigenvalue weighted by Crippen LogP contribution is 2.67. The maximum atomic E-state index is 13.6. The van der Waals surface area contributed by atoms with Crippen LogP contribution in [0.1, 0.15) is 110 Å². The van der Waals surface area contributed by atoms with Gasteiger partial charge < -0.3 is 25.0 Å². The van der Waals surface area contributed by atoms with Crippen molar-refractivity contribution >= 4 is 23.4 Å². The molecule has 1 heterocycles. The average molecular weight is 678 g/mol. The Kier molecular flexibility index (Phi) is 9.79. The van der Waals surface area contributed by atoms with Gasteiger partial charge in [0.1, 0.15) is 5.60 Å². The van der Waals surface area contributed by atoms with Crippen molar-refractivity contribution in [3.05, 3.63) is 47.5 Å². The molecule has 4 aliphatic carbocycles. The van der Waals surface area contributed by atoms with E-state index in [1.54, 1.807) is 6.08 Å². The Morgan fingerprint density at radius 3 is 2.49 bits per heavy atom. The second-order valence-corrected chi connectivity index (χ2v) is 16.8. The summed E-state index contributed by atoms with van der Waals surface area (Å²) < 4.78 is 11.3. The Morgan fingerprint density at radius 2 is 1.76 bits per heavy atom. The lowest BCUT2D eigenvalue weighted by molar-refractivity contribution is -0.184. The molecule has 1 aliphatic heterocycles. The fourth-order valence-electron chi connectivity index (χ4n) is 11.1. The van der Waals surface area contributed by atoms with Gasteiger partial charge in [0, 0.05) is 36.8 Å². The van der Waals surface area contributed by atoms with E-state index in [-0.39, 0.29) is 71.6 Å². The van der Waals surface area contributed by atoms with Crippen LogP contribution >= 0.6 is 0 Å². The third-order valence-corrected chi connectivity index (χ3v) is 13.6. The highest BCUT2D eigenvalue weighted by atomic mass is 16.5. The molecule has 6 rings (SSSR count).